The number of ether oxygens (including phenoxy) is 1. The molecule has 21 heavy (non-hydrogen) atoms. The van der Waals surface area contributed by atoms with Crippen molar-refractivity contribution in [2.45, 2.75) is 30.7 Å². The van der Waals surface area contributed by atoms with Crippen LogP contribution in [0.1, 0.15) is 24.8 Å². The maximum atomic E-state index is 12.9. The summed E-state index contributed by atoms with van der Waals surface area (Å²) in [4.78, 5) is 24.2. The number of carbonyl (C=O) groups excluding carboxylic acids is 2. The lowest BCUT2D eigenvalue weighted by atomic mass is 9.73. The Morgan fingerprint density at radius 1 is 1.24 bits per heavy atom. The zero-order valence-corrected chi connectivity index (χ0v) is 11.9. The highest BCUT2D eigenvalue weighted by Gasteiger charge is 2.42. The Bertz CT molecular complexity index is 524. The van der Waals surface area contributed by atoms with Gasteiger partial charge in [0.15, 0.2) is 0 Å². The Kier molecular flexibility index (Phi) is 3.92. The zero-order valence-electron chi connectivity index (χ0n) is 11.9. The molecule has 2 fully saturated rings. The van der Waals surface area contributed by atoms with Crippen LogP contribution in [0.15, 0.2) is 30.3 Å². The Labute approximate surface area is 124 Å². The van der Waals surface area contributed by atoms with Crippen molar-refractivity contribution in [3.05, 3.63) is 35.9 Å². The summed E-state index contributed by atoms with van der Waals surface area (Å²) in [6.45, 7) is 1.69. The quantitative estimate of drug-likeness (QED) is 0.862. The summed E-state index contributed by atoms with van der Waals surface area (Å²) in [5, 5.41) is 5.79. The summed E-state index contributed by atoms with van der Waals surface area (Å²) in [7, 11) is 0. The lowest BCUT2D eigenvalue weighted by Crippen LogP contribution is -2.51. The van der Waals surface area contributed by atoms with Crippen LogP contribution in [0.3, 0.4) is 0 Å². The van der Waals surface area contributed by atoms with Crippen LogP contribution in [0, 0.1) is 0 Å². The van der Waals surface area contributed by atoms with Crippen LogP contribution < -0.4 is 10.6 Å². The van der Waals surface area contributed by atoms with Gasteiger partial charge in [-0.25, -0.2) is 0 Å². The first kappa shape index (κ1) is 14.1. The molecule has 0 saturated carbocycles. The number of hydrogen-bond donors (Lipinski definition) is 2. The van der Waals surface area contributed by atoms with Crippen LogP contribution in [-0.2, 0) is 19.7 Å². The highest BCUT2D eigenvalue weighted by Crippen LogP contribution is 2.35. The van der Waals surface area contributed by atoms with Gasteiger partial charge in [0.2, 0.25) is 11.8 Å². The second-order valence-corrected chi connectivity index (χ2v) is 5.74. The molecule has 0 spiro atoms. The molecule has 5 nitrogen and oxygen atoms in total. The van der Waals surface area contributed by atoms with Gasteiger partial charge in [0.05, 0.1) is 11.5 Å². The maximum absolute atomic E-state index is 12.9. The van der Waals surface area contributed by atoms with Gasteiger partial charge in [-0.3, -0.25) is 9.59 Å². The summed E-state index contributed by atoms with van der Waals surface area (Å²) in [6, 6.07) is 9.77. The molecule has 2 saturated heterocycles. The molecule has 0 aliphatic carbocycles. The SMILES string of the molecule is O=C1C[C@@H](NC(=O)C2(c3ccccc3)CCOCC2)CN1. The average molecular weight is 288 g/mol. The van der Waals surface area contributed by atoms with Crippen molar-refractivity contribution in [1.29, 1.82) is 0 Å². The molecule has 1 aromatic rings. The topological polar surface area (TPSA) is 67.4 Å². The molecule has 1 aromatic carbocycles. The van der Waals surface area contributed by atoms with Crippen molar-refractivity contribution in [1.82, 2.24) is 10.6 Å². The van der Waals surface area contributed by atoms with Crippen molar-refractivity contribution in [3.63, 3.8) is 0 Å². The van der Waals surface area contributed by atoms with E-state index in [9.17, 15) is 9.59 Å². The first-order valence-electron chi connectivity index (χ1n) is 7.42. The Hall–Kier alpha value is -1.88. The third-order valence-corrected chi connectivity index (χ3v) is 4.42. The predicted octanol–water partition coefficient (Wildman–Crippen LogP) is 0.739. The molecule has 5 heteroatoms. The lowest BCUT2D eigenvalue weighted by Gasteiger charge is -2.37. The molecular weight excluding hydrogens is 268 g/mol. The second-order valence-electron chi connectivity index (χ2n) is 5.74. The highest BCUT2D eigenvalue weighted by atomic mass is 16.5. The summed E-state index contributed by atoms with van der Waals surface area (Å²) in [5.41, 5.74) is 0.494. The monoisotopic (exact) mass is 288 g/mol. The van der Waals surface area contributed by atoms with Crippen molar-refractivity contribution >= 4 is 11.8 Å². The fourth-order valence-corrected chi connectivity index (χ4v) is 3.15. The third kappa shape index (κ3) is 2.78. The summed E-state index contributed by atoms with van der Waals surface area (Å²) in [6.07, 6.45) is 1.72. The molecule has 1 atom stereocenters. The van der Waals surface area contributed by atoms with Crippen molar-refractivity contribution in [2.75, 3.05) is 19.8 Å². The van der Waals surface area contributed by atoms with Gasteiger partial charge in [-0.1, -0.05) is 30.3 Å². The maximum Gasteiger partial charge on any atom is 0.231 e. The normalized spacial score (nSPS) is 24.4. The van der Waals surface area contributed by atoms with Crippen LogP contribution in [0.5, 0.6) is 0 Å². The number of benzene rings is 1. The Morgan fingerprint density at radius 2 is 1.95 bits per heavy atom. The molecule has 3 rings (SSSR count). The smallest absolute Gasteiger partial charge is 0.231 e. The van der Waals surface area contributed by atoms with E-state index in [1.807, 2.05) is 30.3 Å². The Balaban J connectivity index is 1.82. The molecule has 112 valence electrons. The number of hydrogen-bond acceptors (Lipinski definition) is 3. The predicted molar refractivity (Wildman–Crippen MR) is 77.7 cm³/mol. The fourth-order valence-electron chi connectivity index (χ4n) is 3.15. The van der Waals surface area contributed by atoms with E-state index in [4.69, 9.17) is 4.74 Å². The van der Waals surface area contributed by atoms with E-state index in [0.717, 1.165) is 5.56 Å². The second kappa shape index (κ2) is 5.85. The summed E-state index contributed by atoms with van der Waals surface area (Å²) < 4.78 is 5.44. The first-order chi connectivity index (χ1) is 10.2. The van der Waals surface area contributed by atoms with Gasteiger partial charge in [0.1, 0.15) is 0 Å². The summed E-state index contributed by atoms with van der Waals surface area (Å²) >= 11 is 0. The van der Waals surface area contributed by atoms with Crippen molar-refractivity contribution in [3.8, 4) is 0 Å². The number of rotatable bonds is 3. The molecule has 0 radical (unpaired) electrons. The van der Waals surface area contributed by atoms with Gasteiger partial charge in [0.25, 0.3) is 0 Å². The van der Waals surface area contributed by atoms with Gasteiger partial charge < -0.3 is 15.4 Å². The minimum Gasteiger partial charge on any atom is -0.381 e. The van der Waals surface area contributed by atoms with Crippen LogP contribution >= 0.6 is 0 Å². The number of carbonyl (C=O) groups is 2. The lowest BCUT2D eigenvalue weighted by molar-refractivity contribution is -0.131. The van der Waals surface area contributed by atoms with Gasteiger partial charge in [-0.2, -0.15) is 0 Å². The summed E-state index contributed by atoms with van der Waals surface area (Å²) in [5.74, 6) is 0.0135. The molecule has 2 aliphatic heterocycles. The van der Waals surface area contributed by atoms with Gasteiger partial charge in [-0.05, 0) is 18.4 Å². The molecular formula is C16H20N2O3. The fraction of sp³-hybridized carbons (Fsp3) is 0.500. The number of nitrogens with one attached hydrogen (secondary N) is 2. The van der Waals surface area contributed by atoms with Gasteiger partial charge in [0, 0.05) is 26.2 Å². The largest absolute Gasteiger partial charge is 0.381 e. The van der Waals surface area contributed by atoms with E-state index in [-0.39, 0.29) is 17.9 Å². The first-order valence-corrected chi connectivity index (χ1v) is 7.42. The van der Waals surface area contributed by atoms with Crippen molar-refractivity contribution < 1.29 is 14.3 Å². The van der Waals surface area contributed by atoms with E-state index >= 15 is 0 Å². The van der Waals surface area contributed by atoms with E-state index in [0.29, 0.717) is 39.0 Å². The van der Waals surface area contributed by atoms with E-state index in [1.165, 1.54) is 0 Å². The molecule has 2 aliphatic rings. The molecule has 2 amide bonds. The van der Waals surface area contributed by atoms with E-state index < -0.39 is 5.41 Å². The van der Waals surface area contributed by atoms with E-state index in [1.54, 1.807) is 0 Å². The number of amides is 2. The minimum absolute atomic E-state index is 0.000962. The van der Waals surface area contributed by atoms with Crippen LogP contribution in [-0.4, -0.2) is 37.6 Å². The molecule has 2 N–H and O–H groups in total. The van der Waals surface area contributed by atoms with Gasteiger partial charge in [-0.15, -0.1) is 0 Å². The highest BCUT2D eigenvalue weighted by molar-refractivity contribution is 5.89. The molecule has 0 unspecified atom stereocenters. The molecule has 0 bridgehead atoms. The minimum atomic E-state index is -0.537. The third-order valence-electron chi connectivity index (χ3n) is 4.42. The van der Waals surface area contributed by atoms with E-state index in [2.05, 4.69) is 10.6 Å². The molecule has 2 heterocycles. The van der Waals surface area contributed by atoms with Crippen LogP contribution in [0.2, 0.25) is 0 Å². The van der Waals surface area contributed by atoms with Crippen molar-refractivity contribution in [2.24, 2.45) is 0 Å². The average Bonchev–Trinajstić information content (AvgIpc) is 2.94. The van der Waals surface area contributed by atoms with Crippen LogP contribution in [0.25, 0.3) is 0 Å². The Morgan fingerprint density at radius 3 is 2.57 bits per heavy atom. The van der Waals surface area contributed by atoms with Crippen LogP contribution in [0.4, 0.5) is 0 Å². The zero-order chi connectivity index (χ0) is 14.7. The molecule has 0 aromatic heterocycles. The van der Waals surface area contributed by atoms with Gasteiger partial charge >= 0.3 is 0 Å². The standard InChI is InChI=1S/C16H20N2O3/c19-14-10-13(11-17-14)18-15(20)16(6-8-21-9-7-16)12-4-2-1-3-5-12/h1-5,13H,6-11H2,(H,17,19)(H,18,20)/t13-/m1/s1.